The van der Waals surface area contributed by atoms with Gasteiger partial charge in [0.1, 0.15) is 0 Å². The van der Waals surface area contributed by atoms with Crippen molar-refractivity contribution in [1.82, 2.24) is 0 Å². The standard InChI is InChI=1S/C16H28O6P2S.6C4H9.2Sn/c1-11(2)19-23(17,20-12(3)4)15-9-25-10-16(15)24(18,21-13(5)6)22-14(7)8;6*1-3-4-2;;/h11-14H,1-8H3;6*1,3-4H2,2H3;;. The normalized spacial score (nSPS) is 13.5. The van der Waals surface area contributed by atoms with Crippen LogP contribution in [-0.4, -0.2) is 61.2 Å². The van der Waals surface area contributed by atoms with E-state index in [9.17, 15) is 0 Å². The van der Waals surface area contributed by atoms with Crippen LogP contribution in [-0.2, 0) is 27.2 Å². The number of hydrogen-bond acceptors (Lipinski definition) is 7. The van der Waals surface area contributed by atoms with Crippen molar-refractivity contribution >= 4 is 79.7 Å². The predicted molar refractivity (Wildman–Crippen MR) is 233 cm³/mol. The van der Waals surface area contributed by atoms with Crippen molar-refractivity contribution in [2.24, 2.45) is 0 Å². The van der Waals surface area contributed by atoms with E-state index in [0.29, 0.717) is 10.6 Å². The van der Waals surface area contributed by atoms with Crippen molar-refractivity contribution in [3.63, 3.8) is 0 Å². The van der Waals surface area contributed by atoms with Crippen LogP contribution in [0.2, 0.25) is 26.6 Å². The second kappa shape index (κ2) is 25.1. The molecule has 1 heterocycles. The predicted octanol–water partition coefficient (Wildman–Crippen LogP) is 13.2. The number of thiophene rings is 1. The summed E-state index contributed by atoms with van der Waals surface area (Å²) in [6, 6.07) is 0. The first-order valence-corrected chi connectivity index (χ1v) is 40.0. The summed E-state index contributed by atoms with van der Waals surface area (Å²) in [6.45, 7) is 29.4. The van der Waals surface area contributed by atoms with Crippen molar-refractivity contribution < 1.29 is 27.2 Å². The summed E-state index contributed by atoms with van der Waals surface area (Å²) >= 11 is -4.87. The average Bonchev–Trinajstić information content (AvgIpc) is 3.47. The second-order valence-corrected chi connectivity index (χ2v) is 49.1. The molecule has 0 saturated carbocycles. The van der Waals surface area contributed by atoms with Crippen molar-refractivity contribution in [1.29, 1.82) is 0 Å². The van der Waals surface area contributed by atoms with Gasteiger partial charge in [-0.1, -0.05) is 0 Å². The van der Waals surface area contributed by atoms with Gasteiger partial charge < -0.3 is 0 Å². The molecule has 0 aliphatic rings. The second-order valence-electron chi connectivity index (χ2n) is 16.3. The van der Waals surface area contributed by atoms with E-state index in [4.69, 9.17) is 18.1 Å². The molecule has 0 spiro atoms. The van der Waals surface area contributed by atoms with E-state index in [-0.39, 0.29) is 24.4 Å². The van der Waals surface area contributed by atoms with Gasteiger partial charge in [0, 0.05) is 0 Å². The summed E-state index contributed by atoms with van der Waals surface area (Å²) < 4.78 is 68.9. The average molecular weight is 991 g/mol. The van der Waals surface area contributed by atoms with Gasteiger partial charge in [-0.3, -0.25) is 0 Å². The van der Waals surface area contributed by atoms with E-state index >= 15 is 9.13 Å². The maximum atomic E-state index is 16.1. The fraction of sp³-hybridized carbons (Fsp3) is 0.900. The first-order valence-electron chi connectivity index (χ1n) is 21.1. The molecule has 0 atom stereocenters. The zero-order valence-corrected chi connectivity index (χ0v) is 44.1. The molecule has 11 heteroatoms. The van der Waals surface area contributed by atoms with Crippen molar-refractivity contribution in [2.75, 3.05) is 0 Å². The van der Waals surface area contributed by atoms with Crippen molar-refractivity contribution in [3.8, 4) is 0 Å². The summed E-state index contributed by atoms with van der Waals surface area (Å²) in [5, 5.41) is 1.33. The SMILES string of the molecule is CCC[CH2][Sn]([CH2]CCC)([CH2]CCC)[c]1s[c]([Sn]([CH2]CCC)([CH2]CCC)[CH2]CCC)c(P(=O)(OC(C)C)OC(C)C)c1P(=O)(OC(C)C)OC(C)C. The molecule has 51 heavy (non-hydrogen) atoms. The molecule has 0 radical (unpaired) electrons. The van der Waals surface area contributed by atoms with Crippen molar-refractivity contribution in [2.45, 2.75) is 225 Å². The zero-order valence-electron chi connectivity index (χ0n) is 35.8. The summed E-state index contributed by atoms with van der Waals surface area (Å²) in [6.07, 6.45) is 12.5. The Morgan fingerprint density at radius 3 is 0.784 bits per heavy atom. The molecule has 0 aromatic carbocycles. The van der Waals surface area contributed by atoms with Crippen LogP contribution in [0.1, 0.15) is 174 Å². The van der Waals surface area contributed by atoms with E-state index in [2.05, 4.69) is 41.5 Å². The molecule has 0 N–H and O–H groups in total. The van der Waals surface area contributed by atoms with E-state index in [1.807, 2.05) is 66.7 Å². The molecule has 0 saturated heterocycles. The Labute approximate surface area is 329 Å². The Bertz CT molecular complexity index is 1040. The molecule has 1 aromatic rings. The van der Waals surface area contributed by atoms with Gasteiger partial charge in [-0.2, -0.15) is 0 Å². The van der Waals surface area contributed by atoms with Crippen LogP contribution < -0.4 is 16.4 Å². The van der Waals surface area contributed by atoms with Crippen LogP contribution in [0.5, 0.6) is 0 Å². The Balaban J connectivity index is 5.01. The van der Waals surface area contributed by atoms with Crippen LogP contribution in [0.15, 0.2) is 0 Å². The topological polar surface area (TPSA) is 71.1 Å². The van der Waals surface area contributed by atoms with Gasteiger partial charge >= 0.3 is 332 Å². The van der Waals surface area contributed by atoms with Crippen LogP contribution in [0.3, 0.4) is 0 Å². The summed E-state index contributed by atoms with van der Waals surface area (Å²) in [5.41, 5.74) is 0. The fourth-order valence-corrected chi connectivity index (χ4v) is 62.0. The first kappa shape index (κ1) is 50.6. The Morgan fingerprint density at radius 2 is 0.627 bits per heavy atom. The Hall–Kier alpha value is 1.60. The molecule has 0 unspecified atom stereocenters. The first-order chi connectivity index (χ1) is 24.0. The Kier molecular flexibility index (Phi) is 24.9. The molecule has 6 nitrogen and oxygen atoms in total. The summed E-state index contributed by atoms with van der Waals surface area (Å²) in [7, 11) is -7.99. The van der Waals surface area contributed by atoms with Crippen LogP contribution in [0.4, 0.5) is 0 Å². The molecular weight excluding hydrogens is 908 g/mol. The number of rotatable bonds is 30. The summed E-state index contributed by atoms with van der Waals surface area (Å²) in [5.74, 6) is 0. The minimum atomic E-state index is -4.00. The molecule has 0 amide bonds. The number of hydrogen-bond donors (Lipinski definition) is 0. The van der Waals surface area contributed by atoms with Crippen LogP contribution in [0, 0.1) is 0 Å². The van der Waals surface area contributed by atoms with Crippen molar-refractivity contribution in [3.05, 3.63) is 0 Å². The van der Waals surface area contributed by atoms with Gasteiger partial charge in [-0.25, -0.2) is 0 Å². The quantitative estimate of drug-likeness (QED) is 0.0565. The third-order valence-electron chi connectivity index (χ3n) is 9.82. The van der Waals surface area contributed by atoms with Crippen LogP contribution in [0.25, 0.3) is 0 Å². The van der Waals surface area contributed by atoms with Gasteiger partial charge in [0.05, 0.1) is 0 Å². The van der Waals surface area contributed by atoms with E-state index in [0.717, 1.165) is 38.5 Å². The molecule has 0 fully saturated rings. The molecule has 0 aliphatic carbocycles. The Morgan fingerprint density at radius 1 is 0.431 bits per heavy atom. The molecule has 1 rings (SSSR count). The fourth-order valence-electron chi connectivity index (χ4n) is 7.53. The third kappa shape index (κ3) is 15.1. The van der Waals surface area contributed by atoms with Crippen LogP contribution >= 0.6 is 26.5 Å². The van der Waals surface area contributed by atoms with E-state index < -0.39 is 51.9 Å². The van der Waals surface area contributed by atoms with Gasteiger partial charge in [-0.15, -0.1) is 0 Å². The number of unbranched alkanes of at least 4 members (excludes halogenated alkanes) is 6. The molecule has 0 bridgehead atoms. The molecule has 0 aliphatic heterocycles. The summed E-state index contributed by atoms with van der Waals surface area (Å²) in [4.78, 5) is 0. The van der Waals surface area contributed by atoms with Gasteiger partial charge in [0.25, 0.3) is 0 Å². The third-order valence-corrected chi connectivity index (χ3v) is 54.0. The molecular formula is C40H82O6P2SSn2. The maximum absolute atomic E-state index is 16.1. The van der Waals surface area contributed by atoms with E-state index in [1.165, 1.54) is 70.9 Å². The zero-order chi connectivity index (χ0) is 38.9. The minimum absolute atomic E-state index is 0.338. The van der Waals surface area contributed by atoms with Gasteiger partial charge in [0.15, 0.2) is 0 Å². The van der Waals surface area contributed by atoms with E-state index in [1.54, 1.807) is 0 Å². The van der Waals surface area contributed by atoms with Gasteiger partial charge in [0.2, 0.25) is 0 Å². The van der Waals surface area contributed by atoms with Gasteiger partial charge in [-0.05, 0) is 0 Å². The monoisotopic (exact) mass is 992 g/mol. The molecule has 302 valence electrons. The molecule has 1 aromatic heterocycles.